The van der Waals surface area contributed by atoms with Crippen molar-refractivity contribution in [1.29, 1.82) is 0 Å². The number of benzene rings is 1. The summed E-state index contributed by atoms with van der Waals surface area (Å²) >= 11 is 0. The number of likely N-dealkylation sites (N-methyl/N-ethyl adjacent to an activating group) is 1. The first kappa shape index (κ1) is 9.18. The summed E-state index contributed by atoms with van der Waals surface area (Å²) in [6, 6.07) is 6.89. The van der Waals surface area contributed by atoms with Crippen molar-refractivity contribution in [1.82, 2.24) is 0 Å². The van der Waals surface area contributed by atoms with E-state index >= 15 is 0 Å². The van der Waals surface area contributed by atoms with E-state index < -0.39 is 18.1 Å². The van der Waals surface area contributed by atoms with Crippen LogP contribution in [0.15, 0.2) is 24.3 Å². The van der Waals surface area contributed by atoms with Crippen LogP contribution in [0.1, 0.15) is 5.56 Å². The van der Waals surface area contributed by atoms with Gasteiger partial charge < -0.3 is 15.1 Å². The molecule has 1 aromatic carbocycles. The van der Waals surface area contributed by atoms with Crippen LogP contribution in [0.2, 0.25) is 0 Å². The van der Waals surface area contributed by atoms with E-state index in [0.717, 1.165) is 0 Å². The van der Waals surface area contributed by atoms with Crippen LogP contribution in [0.3, 0.4) is 0 Å². The van der Waals surface area contributed by atoms with E-state index in [1.165, 1.54) is 4.90 Å². The normalized spacial score (nSPS) is 25.4. The lowest BCUT2D eigenvalue weighted by molar-refractivity contribution is -0.139. The highest BCUT2D eigenvalue weighted by molar-refractivity contribution is 6.06. The van der Waals surface area contributed by atoms with Gasteiger partial charge >= 0.3 is 0 Å². The molecule has 4 heteroatoms. The van der Waals surface area contributed by atoms with Crippen molar-refractivity contribution >= 4 is 11.6 Å². The lowest BCUT2D eigenvalue weighted by Gasteiger charge is -2.18. The lowest BCUT2D eigenvalue weighted by atomic mass is 9.97. The van der Waals surface area contributed by atoms with Gasteiger partial charge in [-0.05, 0) is 6.07 Å². The Labute approximate surface area is 81.4 Å². The van der Waals surface area contributed by atoms with E-state index in [1.807, 2.05) is 0 Å². The van der Waals surface area contributed by atoms with Crippen molar-refractivity contribution in [3.05, 3.63) is 29.8 Å². The summed E-state index contributed by atoms with van der Waals surface area (Å²) in [5.74, 6) is -0.485. The molecule has 74 valence electrons. The largest absolute Gasteiger partial charge is 0.392 e. The van der Waals surface area contributed by atoms with Gasteiger partial charge in [0.25, 0.3) is 5.91 Å². The number of para-hydroxylation sites is 1. The van der Waals surface area contributed by atoms with Gasteiger partial charge in [-0.1, -0.05) is 18.2 Å². The van der Waals surface area contributed by atoms with E-state index in [1.54, 1.807) is 31.3 Å². The number of hydrogen-bond donors (Lipinski definition) is 2. The minimum Gasteiger partial charge on any atom is -0.392 e. The maximum absolute atomic E-state index is 11.6. The van der Waals surface area contributed by atoms with E-state index in [2.05, 4.69) is 0 Å². The lowest BCUT2D eigenvalue weighted by Crippen LogP contribution is -2.41. The monoisotopic (exact) mass is 193 g/mol. The number of rotatable bonds is 1. The highest BCUT2D eigenvalue weighted by atomic mass is 16.3. The van der Waals surface area contributed by atoms with E-state index in [9.17, 15) is 9.90 Å². The molecule has 0 saturated heterocycles. The number of fused-ring (bicyclic) bond motifs is 1. The number of aliphatic hydroxyl groups excluding tert-OH is 1. The molecule has 1 heterocycles. The molecule has 0 aromatic heterocycles. The first-order valence-corrected chi connectivity index (χ1v) is 4.32. The highest BCUT2D eigenvalue weighted by Gasteiger charge is 2.47. The Balaban J connectivity index is 2.65. The molecule has 1 atom stereocenters. The Bertz CT molecular complexity index is 391. The fourth-order valence-corrected chi connectivity index (χ4v) is 1.77. The summed E-state index contributed by atoms with van der Waals surface area (Å²) in [4.78, 5) is 13.0. The smallest absolute Gasteiger partial charge is 0.265 e. The SMILES string of the molecule is CN1C(=O)C(O)(CO)c2ccccc21. The minimum absolute atomic E-state index is 0.468. The summed E-state index contributed by atoms with van der Waals surface area (Å²) in [6.45, 7) is -0.590. The number of carbonyl (C=O) groups excluding carboxylic acids is 1. The average molecular weight is 193 g/mol. The maximum Gasteiger partial charge on any atom is 0.265 e. The molecule has 2 N–H and O–H groups in total. The van der Waals surface area contributed by atoms with Gasteiger partial charge in [-0.2, -0.15) is 0 Å². The number of aliphatic hydroxyl groups is 2. The molecular weight excluding hydrogens is 182 g/mol. The quantitative estimate of drug-likeness (QED) is 0.651. The number of carbonyl (C=O) groups is 1. The van der Waals surface area contributed by atoms with Gasteiger partial charge in [-0.15, -0.1) is 0 Å². The van der Waals surface area contributed by atoms with Crippen molar-refractivity contribution in [2.45, 2.75) is 5.60 Å². The van der Waals surface area contributed by atoms with Crippen molar-refractivity contribution in [2.75, 3.05) is 18.6 Å². The number of hydrogen-bond acceptors (Lipinski definition) is 3. The average Bonchev–Trinajstić information content (AvgIpc) is 2.43. The predicted octanol–water partition coefficient (Wildman–Crippen LogP) is -0.157. The molecule has 0 radical (unpaired) electrons. The maximum atomic E-state index is 11.6. The van der Waals surface area contributed by atoms with Gasteiger partial charge in [-0.3, -0.25) is 4.79 Å². The third kappa shape index (κ3) is 0.921. The van der Waals surface area contributed by atoms with Gasteiger partial charge in [0.05, 0.1) is 12.3 Å². The predicted molar refractivity (Wildman–Crippen MR) is 50.8 cm³/mol. The molecule has 4 nitrogen and oxygen atoms in total. The molecule has 1 aliphatic heterocycles. The first-order chi connectivity index (χ1) is 6.61. The fourth-order valence-electron chi connectivity index (χ4n) is 1.77. The third-order valence-electron chi connectivity index (χ3n) is 2.60. The molecule has 1 aliphatic rings. The summed E-state index contributed by atoms with van der Waals surface area (Å²) in [5.41, 5.74) is -0.644. The van der Waals surface area contributed by atoms with Crippen LogP contribution in [-0.2, 0) is 10.4 Å². The Hall–Kier alpha value is -1.39. The van der Waals surface area contributed by atoms with Gasteiger partial charge in [0.1, 0.15) is 0 Å². The molecule has 2 rings (SSSR count). The first-order valence-electron chi connectivity index (χ1n) is 4.32. The van der Waals surface area contributed by atoms with Gasteiger partial charge in [-0.25, -0.2) is 0 Å². The van der Waals surface area contributed by atoms with E-state index in [4.69, 9.17) is 5.11 Å². The second-order valence-corrected chi connectivity index (χ2v) is 3.40. The summed E-state index contributed by atoms with van der Waals surface area (Å²) in [7, 11) is 1.58. The van der Waals surface area contributed by atoms with Crippen LogP contribution in [0.5, 0.6) is 0 Å². The summed E-state index contributed by atoms with van der Waals surface area (Å²) in [6.07, 6.45) is 0. The zero-order valence-electron chi connectivity index (χ0n) is 7.77. The van der Waals surface area contributed by atoms with E-state index in [0.29, 0.717) is 11.3 Å². The third-order valence-corrected chi connectivity index (χ3v) is 2.60. The molecule has 1 aromatic rings. The Morgan fingerprint density at radius 2 is 2.07 bits per heavy atom. The molecule has 0 fully saturated rings. The van der Waals surface area contributed by atoms with Gasteiger partial charge in [0.2, 0.25) is 0 Å². The number of nitrogens with zero attached hydrogens (tertiary/aromatic N) is 1. The van der Waals surface area contributed by atoms with Gasteiger partial charge in [0.15, 0.2) is 5.60 Å². The summed E-state index contributed by atoms with van der Waals surface area (Å²) in [5, 5.41) is 19.0. The van der Waals surface area contributed by atoms with Crippen LogP contribution in [0, 0.1) is 0 Å². The molecule has 0 saturated carbocycles. The van der Waals surface area contributed by atoms with Crippen molar-refractivity contribution in [2.24, 2.45) is 0 Å². The van der Waals surface area contributed by atoms with Crippen LogP contribution in [0.4, 0.5) is 5.69 Å². The highest BCUT2D eigenvalue weighted by Crippen LogP contribution is 2.38. The summed E-state index contributed by atoms with van der Waals surface area (Å²) < 4.78 is 0. The topological polar surface area (TPSA) is 60.8 Å². The van der Waals surface area contributed by atoms with Crippen LogP contribution in [0.25, 0.3) is 0 Å². The Kier molecular flexibility index (Phi) is 1.83. The second kappa shape index (κ2) is 2.80. The van der Waals surface area contributed by atoms with Crippen LogP contribution in [-0.4, -0.2) is 29.8 Å². The van der Waals surface area contributed by atoms with Crippen molar-refractivity contribution < 1.29 is 15.0 Å². The van der Waals surface area contributed by atoms with Crippen molar-refractivity contribution in [3.8, 4) is 0 Å². The molecular formula is C10H11NO3. The minimum atomic E-state index is -1.76. The Morgan fingerprint density at radius 3 is 2.71 bits per heavy atom. The fraction of sp³-hybridized carbons (Fsp3) is 0.300. The van der Waals surface area contributed by atoms with E-state index in [-0.39, 0.29) is 0 Å². The molecule has 1 unspecified atom stereocenters. The number of amides is 1. The molecule has 0 bridgehead atoms. The zero-order chi connectivity index (χ0) is 10.3. The molecule has 1 amide bonds. The Morgan fingerprint density at radius 1 is 1.43 bits per heavy atom. The second-order valence-electron chi connectivity index (χ2n) is 3.40. The van der Waals surface area contributed by atoms with Crippen molar-refractivity contribution in [3.63, 3.8) is 0 Å². The molecule has 14 heavy (non-hydrogen) atoms. The molecule has 0 spiro atoms. The number of anilines is 1. The standard InChI is InChI=1S/C10H11NO3/c1-11-8-5-3-2-4-7(8)10(14,6-12)9(11)13/h2-5,12,14H,6H2,1H3. The van der Waals surface area contributed by atoms with Gasteiger partial charge in [0, 0.05) is 12.6 Å². The van der Waals surface area contributed by atoms with Crippen LogP contribution < -0.4 is 4.90 Å². The van der Waals surface area contributed by atoms with Crippen LogP contribution >= 0.6 is 0 Å². The zero-order valence-corrected chi connectivity index (χ0v) is 7.77. The molecule has 0 aliphatic carbocycles.